The Morgan fingerprint density at radius 2 is 1.92 bits per heavy atom. The first-order valence-electron chi connectivity index (χ1n) is 8.81. The van der Waals surface area contributed by atoms with Crippen LogP contribution < -0.4 is 5.73 Å². The van der Waals surface area contributed by atoms with Crippen LogP contribution >= 0.6 is 11.3 Å². The molecule has 0 aliphatic heterocycles. The van der Waals surface area contributed by atoms with Gasteiger partial charge in [-0.15, -0.1) is 11.3 Å². The summed E-state index contributed by atoms with van der Waals surface area (Å²) >= 11 is 1.83. The van der Waals surface area contributed by atoms with Gasteiger partial charge in [0.05, 0.1) is 10.6 Å². The van der Waals surface area contributed by atoms with Gasteiger partial charge in [0.2, 0.25) is 0 Å². The molecule has 0 aliphatic carbocycles. The fraction of sp³-hybridized carbons (Fsp3) is 0.429. The first-order chi connectivity index (χ1) is 11.4. The molecule has 0 amide bonds. The van der Waals surface area contributed by atoms with Crippen LogP contribution in [0.5, 0.6) is 0 Å². The standard InChI is InChI=1S/C21H28N2S/c1-14-11-19(24-13-14)20-16(7-5-6-10-22)17-12-15(21(2,3)4)8-9-18(17)23-20/h8-9,11-13,23H,5-7,10,22H2,1-4H3. The zero-order chi connectivity index (χ0) is 17.3. The number of aryl methyl sites for hydroxylation is 2. The SMILES string of the molecule is Cc1csc(-c2[nH]c3ccc(C(C)(C)C)cc3c2CCCCN)c1. The molecule has 2 nitrogen and oxygen atoms in total. The molecule has 24 heavy (non-hydrogen) atoms. The molecule has 0 bridgehead atoms. The van der Waals surface area contributed by atoms with Gasteiger partial charge < -0.3 is 10.7 Å². The summed E-state index contributed by atoms with van der Waals surface area (Å²) in [4.78, 5) is 5.02. The monoisotopic (exact) mass is 340 g/mol. The Morgan fingerprint density at radius 1 is 1.12 bits per heavy atom. The number of aromatic nitrogens is 1. The average molecular weight is 341 g/mol. The van der Waals surface area contributed by atoms with Crippen molar-refractivity contribution in [2.75, 3.05) is 6.54 Å². The van der Waals surface area contributed by atoms with E-state index < -0.39 is 0 Å². The highest BCUT2D eigenvalue weighted by atomic mass is 32.1. The number of rotatable bonds is 5. The molecule has 3 heteroatoms. The van der Waals surface area contributed by atoms with E-state index in [-0.39, 0.29) is 5.41 Å². The first kappa shape index (κ1) is 17.2. The van der Waals surface area contributed by atoms with Crippen molar-refractivity contribution in [3.8, 4) is 10.6 Å². The van der Waals surface area contributed by atoms with Crippen molar-refractivity contribution in [3.05, 3.63) is 46.3 Å². The summed E-state index contributed by atoms with van der Waals surface area (Å²) in [5, 5.41) is 3.60. The maximum absolute atomic E-state index is 5.71. The number of unbranched alkanes of at least 4 members (excludes halogenated alkanes) is 1. The molecule has 3 aromatic rings. The zero-order valence-corrected chi connectivity index (χ0v) is 16.0. The number of nitrogens with one attached hydrogen (secondary N) is 1. The molecular weight excluding hydrogens is 312 g/mol. The molecule has 3 N–H and O–H groups in total. The van der Waals surface area contributed by atoms with Crippen molar-refractivity contribution in [3.63, 3.8) is 0 Å². The molecule has 0 aliphatic rings. The highest BCUT2D eigenvalue weighted by Gasteiger charge is 2.18. The maximum Gasteiger partial charge on any atom is 0.0598 e. The van der Waals surface area contributed by atoms with Crippen molar-refractivity contribution in [1.82, 2.24) is 4.98 Å². The third kappa shape index (κ3) is 3.42. The average Bonchev–Trinajstić information content (AvgIpc) is 3.10. The Balaban J connectivity index is 2.14. The quantitative estimate of drug-likeness (QED) is 0.568. The second kappa shape index (κ2) is 6.73. The Labute approximate surface area is 149 Å². The van der Waals surface area contributed by atoms with E-state index in [4.69, 9.17) is 5.73 Å². The van der Waals surface area contributed by atoms with Gasteiger partial charge in [-0.3, -0.25) is 0 Å². The van der Waals surface area contributed by atoms with Crippen LogP contribution in [-0.2, 0) is 11.8 Å². The summed E-state index contributed by atoms with van der Waals surface area (Å²) < 4.78 is 0. The highest BCUT2D eigenvalue weighted by molar-refractivity contribution is 7.13. The Kier molecular flexibility index (Phi) is 4.84. The summed E-state index contributed by atoms with van der Waals surface area (Å²) in [6.07, 6.45) is 3.30. The Hall–Kier alpha value is -1.58. The van der Waals surface area contributed by atoms with Gasteiger partial charge >= 0.3 is 0 Å². The van der Waals surface area contributed by atoms with Crippen LogP contribution in [0.2, 0.25) is 0 Å². The summed E-state index contributed by atoms with van der Waals surface area (Å²) in [6.45, 7) is 9.76. The van der Waals surface area contributed by atoms with Crippen molar-refractivity contribution >= 4 is 22.2 Å². The Morgan fingerprint density at radius 3 is 2.54 bits per heavy atom. The molecule has 1 aromatic carbocycles. The number of hydrogen-bond acceptors (Lipinski definition) is 2. The summed E-state index contributed by atoms with van der Waals surface area (Å²) in [5.74, 6) is 0. The molecule has 2 aromatic heterocycles. The van der Waals surface area contributed by atoms with E-state index in [1.807, 2.05) is 11.3 Å². The molecule has 128 valence electrons. The van der Waals surface area contributed by atoms with E-state index in [0.717, 1.165) is 25.8 Å². The van der Waals surface area contributed by atoms with Gasteiger partial charge in [0.25, 0.3) is 0 Å². The van der Waals surface area contributed by atoms with Crippen molar-refractivity contribution in [2.45, 2.75) is 52.4 Å². The van der Waals surface area contributed by atoms with Crippen LogP contribution in [-0.4, -0.2) is 11.5 Å². The van der Waals surface area contributed by atoms with Crippen LogP contribution in [0.1, 0.15) is 50.3 Å². The number of benzene rings is 1. The predicted molar refractivity (Wildman–Crippen MR) is 107 cm³/mol. The topological polar surface area (TPSA) is 41.8 Å². The molecular formula is C21H28N2S. The lowest BCUT2D eigenvalue weighted by Gasteiger charge is -2.19. The second-order valence-corrected chi connectivity index (χ2v) is 8.63. The van der Waals surface area contributed by atoms with Crippen molar-refractivity contribution < 1.29 is 0 Å². The lowest BCUT2D eigenvalue weighted by Crippen LogP contribution is -2.10. The molecule has 0 saturated carbocycles. The van der Waals surface area contributed by atoms with Gasteiger partial charge in [-0.1, -0.05) is 26.8 Å². The van der Waals surface area contributed by atoms with Gasteiger partial charge in [0.1, 0.15) is 0 Å². The maximum atomic E-state index is 5.71. The third-order valence-corrected chi connectivity index (χ3v) is 5.70. The van der Waals surface area contributed by atoms with E-state index in [1.165, 1.54) is 38.2 Å². The molecule has 0 fully saturated rings. The number of fused-ring (bicyclic) bond motifs is 1. The van der Waals surface area contributed by atoms with E-state index in [2.05, 4.69) is 62.3 Å². The minimum absolute atomic E-state index is 0.166. The zero-order valence-electron chi connectivity index (χ0n) is 15.2. The Bertz CT molecular complexity index is 833. The highest BCUT2D eigenvalue weighted by Crippen LogP contribution is 2.36. The van der Waals surface area contributed by atoms with Crippen LogP contribution in [0, 0.1) is 6.92 Å². The molecule has 0 unspecified atom stereocenters. The van der Waals surface area contributed by atoms with Gasteiger partial charge in [-0.25, -0.2) is 0 Å². The first-order valence-corrected chi connectivity index (χ1v) is 9.69. The lowest BCUT2D eigenvalue weighted by molar-refractivity contribution is 0.591. The minimum Gasteiger partial charge on any atom is -0.354 e. The number of H-pyrrole nitrogens is 1. The summed E-state index contributed by atoms with van der Waals surface area (Å²) in [7, 11) is 0. The predicted octanol–water partition coefficient (Wildman–Crippen LogP) is 5.78. The largest absolute Gasteiger partial charge is 0.354 e. The van der Waals surface area contributed by atoms with Crippen LogP contribution in [0.15, 0.2) is 29.6 Å². The second-order valence-electron chi connectivity index (χ2n) is 7.72. The number of thiophene rings is 1. The molecule has 2 heterocycles. The van der Waals surface area contributed by atoms with Crippen molar-refractivity contribution in [1.29, 1.82) is 0 Å². The summed E-state index contributed by atoms with van der Waals surface area (Å²) in [6, 6.07) is 9.16. The van der Waals surface area contributed by atoms with Gasteiger partial charge in [-0.2, -0.15) is 0 Å². The molecule has 0 radical (unpaired) electrons. The molecule has 3 rings (SSSR count). The number of hydrogen-bond donors (Lipinski definition) is 2. The minimum atomic E-state index is 0.166. The van der Waals surface area contributed by atoms with Crippen LogP contribution in [0.4, 0.5) is 0 Å². The van der Waals surface area contributed by atoms with E-state index >= 15 is 0 Å². The fourth-order valence-electron chi connectivity index (χ4n) is 3.19. The number of aromatic amines is 1. The third-order valence-electron chi connectivity index (χ3n) is 4.63. The molecule has 0 atom stereocenters. The summed E-state index contributed by atoms with van der Waals surface area (Å²) in [5.41, 5.74) is 12.6. The normalized spacial score (nSPS) is 12.2. The number of nitrogens with two attached hydrogens (primary N) is 1. The van der Waals surface area contributed by atoms with Gasteiger partial charge in [0, 0.05) is 10.9 Å². The smallest absolute Gasteiger partial charge is 0.0598 e. The fourth-order valence-corrected chi connectivity index (χ4v) is 4.12. The van der Waals surface area contributed by atoms with Crippen molar-refractivity contribution in [2.24, 2.45) is 5.73 Å². The van der Waals surface area contributed by atoms with Gasteiger partial charge in [-0.05, 0) is 78.4 Å². The molecule has 0 saturated heterocycles. The van der Waals surface area contributed by atoms with E-state index in [0.29, 0.717) is 0 Å². The van der Waals surface area contributed by atoms with E-state index in [9.17, 15) is 0 Å². The van der Waals surface area contributed by atoms with Crippen LogP contribution in [0.3, 0.4) is 0 Å². The van der Waals surface area contributed by atoms with Crippen LogP contribution in [0.25, 0.3) is 21.5 Å². The lowest BCUT2D eigenvalue weighted by atomic mass is 9.86. The van der Waals surface area contributed by atoms with E-state index in [1.54, 1.807) is 0 Å². The molecule has 0 spiro atoms. The van der Waals surface area contributed by atoms with Gasteiger partial charge in [0.15, 0.2) is 0 Å².